The molecule has 0 bridgehead atoms. The number of benzene rings is 1. The Morgan fingerprint density at radius 3 is 2.90 bits per heavy atom. The highest BCUT2D eigenvalue weighted by atomic mass is 32.2. The van der Waals surface area contributed by atoms with Crippen molar-refractivity contribution in [2.75, 3.05) is 18.8 Å². The van der Waals surface area contributed by atoms with Crippen LogP contribution in [0.2, 0.25) is 0 Å². The molecule has 0 radical (unpaired) electrons. The number of carbonyl (C=O) groups excluding carboxylic acids is 1. The van der Waals surface area contributed by atoms with E-state index in [1.807, 2.05) is 54.2 Å². The van der Waals surface area contributed by atoms with Crippen molar-refractivity contribution in [3.8, 4) is 0 Å². The van der Waals surface area contributed by atoms with Gasteiger partial charge in [0.2, 0.25) is 0 Å². The Labute approximate surface area is 128 Å². The molecule has 5 heteroatoms. The van der Waals surface area contributed by atoms with Crippen molar-refractivity contribution < 1.29 is 9.63 Å². The first-order valence-electron chi connectivity index (χ1n) is 6.94. The van der Waals surface area contributed by atoms with Gasteiger partial charge in [0.05, 0.1) is 10.6 Å². The third kappa shape index (κ3) is 2.88. The molecule has 108 valence electrons. The van der Waals surface area contributed by atoms with E-state index in [-0.39, 0.29) is 0 Å². The third-order valence-corrected chi connectivity index (χ3v) is 4.52. The first-order valence-corrected chi connectivity index (χ1v) is 7.93. The molecule has 2 aliphatic rings. The SMILES string of the molecule is CCN1CCS/C1=C\C=C1/C(=O)ON=C1c1ccccc1. The van der Waals surface area contributed by atoms with E-state index < -0.39 is 5.97 Å². The predicted molar refractivity (Wildman–Crippen MR) is 84.9 cm³/mol. The van der Waals surface area contributed by atoms with Crippen molar-refractivity contribution in [2.24, 2.45) is 5.16 Å². The molecule has 0 N–H and O–H groups in total. The smallest absolute Gasteiger partial charge is 0.366 e. The lowest BCUT2D eigenvalue weighted by molar-refractivity contribution is -0.136. The lowest BCUT2D eigenvalue weighted by atomic mass is 10.0. The molecule has 1 aromatic rings. The van der Waals surface area contributed by atoms with Gasteiger partial charge in [-0.2, -0.15) is 0 Å². The Morgan fingerprint density at radius 1 is 1.33 bits per heavy atom. The minimum absolute atomic E-state index is 0.392. The van der Waals surface area contributed by atoms with Crippen molar-refractivity contribution in [3.63, 3.8) is 0 Å². The van der Waals surface area contributed by atoms with Crippen LogP contribution in [0, 0.1) is 0 Å². The van der Waals surface area contributed by atoms with E-state index in [9.17, 15) is 4.79 Å². The van der Waals surface area contributed by atoms with E-state index in [0.717, 1.165) is 24.4 Å². The number of allylic oxidation sites excluding steroid dienone is 2. The second-order valence-electron chi connectivity index (χ2n) is 4.70. The Bertz CT molecular complexity index is 635. The Morgan fingerprint density at radius 2 is 2.14 bits per heavy atom. The maximum atomic E-state index is 11.9. The minimum atomic E-state index is -0.392. The van der Waals surface area contributed by atoms with Gasteiger partial charge < -0.3 is 9.74 Å². The van der Waals surface area contributed by atoms with Gasteiger partial charge in [0.1, 0.15) is 5.71 Å². The Balaban J connectivity index is 1.89. The number of hydrogen-bond donors (Lipinski definition) is 0. The third-order valence-electron chi connectivity index (χ3n) is 3.44. The molecule has 2 heterocycles. The highest BCUT2D eigenvalue weighted by molar-refractivity contribution is 8.03. The van der Waals surface area contributed by atoms with Crippen LogP contribution in [0.1, 0.15) is 12.5 Å². The standard InChI is InChI=1S/C16H16N2O2S/c1-2-18-10-11-21-14(18)9-8-13-15(17-20-16(13)19)12-6-4-3-5-7-12/h3-9H,2,10-11H2,1H3/b13-8-,14-9-. The van der Waals surface area contributed by atoms with E-state index in [2.05, 4.69) is 17.0 Å². The molecule has 0 unspecified atom stereocenters. The van der Waals surface area contributed by atoms with Crippen molar-refractivity contribution in [1.29, 1.82) is 0 Å². The molecule has 0 spiro atoms. The van der Waals surface area contributed by atoms with Crippen LogP contribution in [0.3, 0.4) is 0 Å². The average molecular weight is 300 g/mol. The zero-order chi connectivity index (χ0) is 14.7. The van der Waals surface area contributed by atoms with Crippen LogP contribution in [0.4, 0.5) is 0 Å². The fraction of sp³-hybridized carbons (Fsp3) is 0.250. The molecule has 0 aromatic heterocycles. The van der Waals surface area contributed by atoms with Gasteiger partial charge >= 0.3 is 5.97 Å². The fourth-order valence-electron chi connectivity index (χ4n) is 2.32. The monoisotopic (exact) mass is 300 g/mol. The summed E-state index contributed by atoms with van der Waals surface area (Å²) in [6.45, 7) is 4.17. The summed E-state index contributed by atoms with van der Waals surface area (Å²) in [5.41, 5.74) is 2.00. The zero-order valence-electron chi connectivity index (χ0n) is 11.8. The normalized spacial score (nSPS) is 22.0. The van der Waals surface area contributed by atoms with Crippen LogP contribution in [-0.4, -0.2) is 35.4 Å². The summed E-state index contributed by atoms with van der Waals surface area (Å²) in [5, 5.41) is 5.09. The second kappa shape index (κ2) is 6.18. The predicted octanol–water partition coefficient (Wildman–Crippen LogP) is 2.78. The summed E-state index contributed by atoms with van der Waals surface area (Å²) >= 11 is 1.81. The molecule has 0 aliphatic carbocycles. The van der Waals surface area contributed by atoms with Crippen LogP contribution < -0.4 is 0 Å². The van der Waals surface area contributed by atoms with Crippen LogP contribution in [0.15, 0.2) is 58.2 Å². The van der Waals surface area contributed by atoms with Gasteiger partial charge in [0, 0.05) is 24.4 Å². The number of nitrogens with zero attached hydrogens (tertiary/aromatic N) is 2. The summed E-state index contributed by atoms with van der Waals surface area (Å²) in [5.74, 6) is 0.698. The van der Waals surface area contributed by atoms with Crippen molar-refractivity contribution in [1.82, 2.24) is 4.90 Å². The molecule has 0 amide bonds. The molecule has 1 aromatic carbocycles. The molecule has 0 saturated carbocycles. The lowest BCUT2D eigenvalue weighted by Gasteiger charge is -2.15. The number of carbonyl (C=O) groups is 1. The van der Waals surface area contributed by atoms with Gasteiger partial charge in [-0.15, -0.1) is 11.8 Å². The van der Waals surface area contributed by atoms with Crippen LogP contribution in [0.5, 0.6) is 0 Å². The second-order valence-corrected chi connectivity index (χ2v) is 5.81. The molecule has 1 fully saturated rings. The van der Waals surface area contributed by atoms with E-state index in [1.165, 1.54) is 5.03 Å². The van der Waals surface area contributed by atoms with Crippen LogP contribution >= 0.6 is 11.8 Å². The summed E-state index contributed by atoms with van der Waals surface area (Å²) in [6, 6.07) is 9.61. The molecule has 2 aliphatic heterocycles. The molecular weight excluding hydrogens is 284 g/mol. The minimum Gasteiger partial charge on any atom is -0.366 e. The highest BCUT2D eigenvalue weighted by Gasteiger charge is 2.26. The van der Waals surface area contributed by atoms with E-state index in [4.69, 9.17) is 4.84 Å². The quantitative estimate of drug-likeness (QED) is 0.636. The lowest BCUT2D eigenvalue weighted by Crippen LogP contribution is -2.17. The fourth-order valence-corrected chi connectivity index (χ4v) is 3.41. The molecule has 1 saturated heterocycles. The topological polar surface area (TPSA) is 41.9 Å². The number of oxime groups is 1. The maximum absolute atomic E-state index is 11.9. The van der Waals surface area contributed by atoms with Gasteiger partial charge in [-0.25, -0.2) is 4.79 Å². The van der Waals surface area contributed by atoms with Crippen molar-refractivity contribution in [3.05, 3.63) is 58.6 Å². The van der Waals surface area contributed by atoms with Gasteiger partial charge in [0.25, 0.3) is 0 Å². The van der Waals surface area contributed by atoms with E-state index in [1.54, 1.807) is 0 Å². The van der Waals surface area contributed by atoms with Crippen molar-refractivity contribution >= 4 is 23.4 Å². The molecular formula is C16H16N2O2S. The Kier molecular flexibility index (Phi) is 4.10. The zero-order valence-corrected chi connectivity index (χ0v) is 12.6. The number of rotatable bonds is 3. The average Bonchev–Trinajstić information content (AvgIpc) is 3.12. The molecule has 3 rings (SSSR count). The van der Waals surface area contributed by atoms with Crippen molar-refractivity contribution in [2.45, 2.75) is 6.92 Å². The molecule has 4 nitrogen and oxygen atoms in total. The van der Waals surface area contributed by atoms with Crippen LogP contribution in [0.25, 0.3) is 0 Å². The van der Waals surface area contributed by atoms with Gasteiger partial charge in [-0.3, -0.25) is 0 Å². The summed E-state index contributed by atoms with van der Waals surface area (Å²) in [6.07, 6.45) is 3.80. The van der Waals surface area contributed by atoms with Gasteiger partial charge in [0.15, 0.2) is 0 Å². The number of hydrogen-bond acceptors (Lipinski definition) is 5. The van der Waals surface area contributed by atoms with E-state index >= 15 is 0 Å². The molecule has 21 heavy (non-hydrogen) atoms. The highest BCUT2D eigenvalue weighted by Crippen LogP contribution is 2.28. The Hall–Kier alpha value is -2.01. The first kappa shape index (κ1) is 13.9. The number of thioether (sulfide) groups is 1. The summed E-state index contributed by atoms with van der Waals surface area (Å²) < 4.78 is 0. The molecule has 0 atom stereocenters. The maximum Gasteiger partial charge on any atom is 0.368 e. The first-order chi connectivity index (χ1) is 10.3. The summed E-state index contributed by atoms with van der Waals surface area (Å²) in [7, 11) is 0. The van der Waals surface area contributed by atoms with Gasteiger partial charge in [-0.1, -0.05) is 35.5 Å². The van der Waals surface area contributed by atoms with Gasteiger partial charge in [-0.05, 0) is 19.1 Å². The van der Waals surface area contributed by atoms with Crippen LogP contribution in [-0.2, 0) is 9.63 Å². The van der Waals surface area contributed by atoms with E-state index in [0.29, 0.717) is 11.3 Å². The largest absolute Gasteiger partial charge is 0.368 e. The summed E-state index contributed by atoms with van der Waals surface area (Å²) in [4.78, 5) is 19.0.